The van der Waals surface area contributed by atoms with E-state index >= 15 is 0 Å². The standard InChI is InChI=1S/C23H20N2O3/c26-22(13-10-19-6-3-5-18-4-1-2-7-21(18)19)24-20-11-8-17(9-12-20)16-25-14-15-28-23(25)27/h1-13H,14-16H2,(H,24,26)/b13-10+. The minimum absolute atomic E-state index is 0.191. The van der Waals surface area contributed by atoms with Crippen LogP contribution in [0.1, 0.15) is 11.1 Å². The minimum Gasteiger partial charge on any atom is -0.448 e. The van der Waals surface area contributed by atoms with Crippen LogP contribution in [0.25, 0.3) is 16.8 Å². The fraction of sp³-hybridized carbons (Fsp3) is 0.130. The SMILES string of the molecule is O=C(/C=C/c1cccc2ccccc12)Nc1ccc(CN2CCOC2=O)cc1. The zero-order valence-corrected chi connectivity index (χ0v) is 15.3. The summed E-state index contributed by atoms with van der Waals surface area (Å²) in [6.07, 6.45) is 3.08. The van der Waals surface area contributed by atoms with Crippen molar-refractivity contribution in [1.29, 1.82) is 0 Å². The van der Waals surface area contributed by atoms with Gasteiger partial charge in [0.05, 0.1) is 6.54 Å². The number of rotatable bonds is 5. The van der Waals surface area contributed by atoms with E-state index in [-0.39, 0.29) is 12.0 Å². The Labute approximate surface area is 163 Å². The second-order valence-electron chi connectivity index (χ2n) is 6.62. The molecule has 5 heteroatoms. The highest BCUT2D eigenvalue weighted by atomic mass is 16.6. The van der Waals surface area contributed by atoms with Gasteiger partial charge in [-0.2, -0.15) is 0 Å². The molecule has 1 aliphatic heterocycles. The Bertz CT molecular complexity index is 1040. The summed E-state index contributed by atoms with van der Waals surface area (Å²) in [4.78, 5) is 25.4. The van der Waals surface area contributed by atoms with Gasteiger partial charge in [0, 0.05) is 18.3 Å². The monoisotopic (exact) mass is 372 g/mol. The average Bonchev–Trinajstić information content (AvgIpc) is 3.12. The lowest BCUT2D eigenvalue weighted by Gasteiger charge is -2.12. The van der Waals surface area contributed by atoms with E-state index in [0.717, 1.165) is 21.9 Å². The maximum absolute atomic E-state index is 12.3. The van der Waals surface area contributed by atoms with E-state index in [0.29, 0.717) is 25.4 Å². The smallest absolute Gasteiger partial charge is 0.410 e. The molecule has 0 aromatic heterocycles. The molecule has 1 N–H and O–H groups in total. The lowest BCUT2D eigenvalue weighted by Crippen LogP contribution is -2.23. The quantitative estimate of drug-likeness (QED) is 0.674. The average molecular weight is 372 g/mol. The van der Waals surface area contributed by atoms with Gasteiger partial charge in [0.25, 0.3) is 0 Å². The molecule has 0 saturated carbocycles. The molecule has 0 atom stereocenters. The second kappa shape index (κ2) is 7.96. The number of carbonyl (C=O) groups excluding carboxylic acids is 2. The van der Waals surface area contributed by atoms with E-state index in [4.69, 9.17) is 4.74 Å². The summed E-state index contributed by atoms with van der Waals surface area (Å²) in [6.45, 7) is 1.56. The number of fused-ring (bicyclic) bond motifs is 1. The van der Waals surface area contributed by atoms with E-state index in [2.05, 4.69) is 17.4 Å². The first-order chi connectivity index (χ1) is 13.7. The molecular formula is C23H20N2O3. The molecule has 140 valence electrons. The Morgan fingerprint density at radius 2 is 1.82 bits per heavy atom. The van der Waals surface area contributed by atoms with Crippen molar-refractivity contribution in [1.82, 2.24) is 4.90 Å². The van der Waals surface area contributed by atoms with Crippen LogP contribution in [0.3, 0.4) is 0 Å². The normalized spacial score (nSPS) is 13.9. The van der Waals surface area contributed by atoms with Gasteiger partial charge in [-0.1, -0.05) is 54.6 Å². The summed E-state index contributed by atoms with van der Waals surface area (Å²) in [6, 6.07) is 21.6. The van der Waals surface area contributed by atoms with Crippen LogP contribution < -0.4 is 5.32 Å². The number of nitrogens with zero attached hydrogens (tertiary/aromatic N) is 1. The van der Waals surface area contributed by atoms with E-state index < -0.39 is 0 Å². The Hall–Kier alpha value is -3.60. The van der Waals surface area contributed by atoms with Crippen molar-refractivity contribution >= 4 is 34.5 Å². The van der Waals surface area contributed by atoms with Gasteiger partial charge in [0.2, 0.25) is 5.91 Å². The van der Waals surface area contributed by atoms with Crippen LogP contribution in [0.4, 0.5) is 10.5 Å². The van der Waals surface area contributed by atoms with E-state index in [1.807, 2.05) is 60.7 Å². The van der Waals surface area contributed by atoms with Crippen LogP contribution in [0, 0.1) is 0 Å². The maximum atomic E-state index is 12.3. The summed E-state index contributed by atoms with van der Waals surface area (Å²) in [7, 11) is 0. The van der Waals surface area contributed by atoms with Crippen LogP contribution in [-0.2, 0) is 16.1 Å². The molecule has 3 aromatic carbocycles. The van der Waals surface area contributed by atoms with Gasteiger partial charge in [0.15, 0.2) is 0 Å². The Morgan fingerprint density at radius 1 is 1.04 bits per heavy atom. The number of hydrogen-bond acceptors (Lipinski definition) is 3. The number of amides is 2. The predicted octanol–water partition coefficient (Wildman–Crippen LogP) is 4.44. The van der Waals surface area contributed by atoms with Crippen molar-refractivity contribution in [3.63, 3.8) is 0 Å². The second-order valence-corrected chi connectivity index (χ2v) is 6.62. The Kier molecular flexibility index (Phi) is 5.06. The Balaban J connectivity index is 1.39. The number of anilines is 1. The van der Waals surface area contributed by atoms with Gasteiger partial charge in [-0.15, -0.1) is 0 Å². The molecule has 2 amide bonds. The lowest BCUT2D eigenvalue weighted by molar-refractivity contribution is -0.111. The Morgan fingerprint density at radius 3 is 2.61 bits per heavy atom. The third-order valence-electron chi connectivity index (χ3n) is 4.68. The summed E-state index contributed by atoms with van der Waals surface area (Å²) in [5, 5.41) is 5.11. The van der Waals surface area contributed by atoms with Crippen molar-refractivity contribution in [2.75, 3.05) is 18.5 Å². The third kappa shape index (κ3) is 4.04. The largest absolute Gasteiger partial charge is 0.448 e. The van der Waals surface area contributed by atoms with Crippen LogP contribution in [0.15, 0.2) is 72.8 Å². The van der Waals surface area contributed by atoms with E-state index in [1.54, 1.807) is 4.90 Å². The van der Waals surface area contributed by atoms with Gasteiger partial charge in [0.1, 0.15) is 6.61 Å². The molecule has 1 aliphatic rings. The molecule has 0 spiro atoms. The van der Waals surface area contributed by atoms with Crippen LogP contribution >= 0.6 is 0 Å². The molecule has 1 fully saturated rings. The molecule has 3 aromatic rings. The van der Waals surface area contributed by atoms with Crippen molar-refractivity contribution < 1.29 is 14.3 Å². The molecule has 0 unspecified atom stereocenters. The number of benzene rings is 3. The van der Waals surface area contributed by atoms with Gasteiger partial charge in [-0.3, -0.25) is 4.79 Å². The molecule has 28 heavy (non-hydrogen) atoms. The third-order valence-corrected chi connectivity index (χ3v) is 4.68. The molecule has 5 nitrogen and oxygen atoms in total. The number of carbonyl (C=O) groups is 2. The molecule has 0 bridgehead atoms. The fourth-order valence-electron chi connectivity index (χ4n) is 3.23. The van der Waals surface area contributed by atoms with Crippen molar-refractivity contribution in [3.05, 3.63) is 83.9 Å². The zero-order chi connectivity index (χ0) is 19.3. The van der Waals surface area contributed by atoms with Crippen LogP contribution in [0.5, 0.6) is 0 Å². The number of ether oxygens (including phenoxy) is 1. The van der Waals surface area contributed by atoms with Gasteiger partial charge < -0.3 is 15.0 Å². The number of nitrogens with one attached hydrogen (secondary N) is 1. The summed E-state index contributed by atoms with van der Waals surface area (Å²) in [5.41, 5.74) is 2.70. The number of hydrogen-bond donors (Lipinski definition) is 1. The van der Waals surface area contributed by atoms with Gasteiger partial charge >= 0.3 is 6.09 Å². The molecule has 1 saturated heterocycles. The fourth-order valence-corrected chi connectivity index (χ4v) is 3.23. The summed E-state index contributed by atoms with van der Waals surface area (Å²) < 4.78 is 4.93. The summed E-state index contributed by atoms with van der Waals surface area (Å²) in [5.74, 6) is -0.191. The van der Waals surface area contributed by atoms with Crippen molar-refractivity contribution in [2.45, 2.75) is 6.54 Å². The highest BCUT2D eigenvalue weighted by Gasteiger charge is 2.21. The molecule has 0 radical (unpaired) electrons. The first-order valence-electron chi connectivity index (χ1n) is 9.16. The van der Waals surface area contributed by atoms with Crippen LogP contribution in [-0.4, -0.2) is 30.1 Å². The lowest BCUT2D eigenvalue weighted by atomic mass is 10.0. The highest BCUT2D eigenvalue weighted by Crippen LogP contribution is 2.20. The first-order valence-corrected chi connectivity index (χ1v) is 9.16. The van der Waals surface area contributed by atoms with E-state index in [9.17, 15) is 9.59 Å². The topological polar surface area (TPSA) is 58.6 Å². The maximum Gasteiger partial charge on any atom is 0.410 e. The molecular weight excluding hydrogens is 352 g/mol. The minimum atomic E-state index is -0.282. The molecule has 1 heterocycles. The van der Waals surface area contributed by atoms with Crippen LogP contribution in [0.2, 0.25) is 0 Å². The van der Waals surface area contributed by atoms with Gasteiger partial charge in [-0.05, 0) is 40.1 Å². The van der Waals surface area contributed by atoms with Crippen molar-refractivity contribution in [2.24, 2.45) is 0 Å². The van der Waals surface area contributed by atoms with Crippen molar-refractivity contribution in [3.8, 4) is 0 Å². The number of cyclic esters (lactones) is 1. The van der Waals surface area contributed by atoms with Gasteiger partial charge in [-0.25, -0.2) is 4.79 Å². The predicted molar refractivity (Wildman–Crippen MR) is 110 cm³/mol. The first kappa shape index (κ1) is 17.8. The van der Waals surface area contributed by atoms with E-state index in [1.165, 1.54) is 6.08 Å². The highest BCUT2D eigenvalue weighted by molar-refractivity contribution is 6.03. The zero-order valence-electron chi connectivity index (χ0n) is 15.3. The summed E-state index contributed by atoms with van der Waals surface area (Å²) >= 11 is 0. The molecule has 4 rings (SSSR count). The molecule has 0 aliphatic carbocycles.